The van der Waals surface area contributed by atoms with Crippen LogP contribution in [0.25, 0.3) is 32.7 Å². The first-order chi connectivity index (χ1) is 21.8. The van der Waals surface area contributed by atoms with E-state index in [0.717, 1.165) is 16.3 Å². The van der Waals surface area contributed by atoms with Gasteiger partial charge in [-0.2, -0.15) is 5.26 Å². The highest BCUT2D eigenvalue weighted by molar-refractivity contribution is 7.98. The molecule has 0 aliphatic heterocycles. The summed E-state index contributed by atoms with van der Waals surface area (Å²) in [6, 6.07) is 16.5. The van der Waals surface area contributed by atoms with Crippen LogP contribution in [-0.4, -0.2) is 59.0 Å². The van der Waals surface area contributed by atoms with Gasteiger partial charge in [0.05, 0.1) is 43.2 Å². The van der Waals surface area contributed by atoms with E-state index in [9.17, 15) is 14.9 Å². The first-order valence-electron chi connectivity index (χ1n) is 13.4. The highest BCUT2D eigenvalue weighted by atomic mass is 35.5. The second kappa shape index (κ2) is 14.0. The molecule has 230 valence electrons. The molecule has 3 aromatic heterocycles. The number of nitrogens with two attached hydrogens (primary N) is 1. The number of pyridine rings is 1. The number of rotatable bonds is 11. The maximum atomic E-state index is 13.0. The summed E-state index contributed by atoms with van der Waals surface area (Å²) in [5, 5.41) is 23.6. The standard InChI is InChI=1S/C31H26ClN5O6S2/c1-41-23(39)14-37-27(31(40)42-2)26(34)25-24(17-5-9-21(10-6-17)43-12-11-38)22(13-33)30(36-28(25)37)45-16-20-15-44-29(35-20)18-3-7-19(32)8-4-18/h3-10,15,38H,11-12,14,16,34H2,1-2H3. The fourth-order valence-corrected chi connectivity index (χ4v) is 6.59. The van der Waals surface area contributed by atoms with Gasteiger partial charge in [-0.1, -0.05) is 47.6 Å². The minimum absolute atomic E-state index is 0.00372. The van der Waals surface area contributed by atoms with Gasteiger partial charge in [-0.15, -0.1) is 11.3 Å². The van der Waals surface area contributed by atoms with E-state index < -0.39 is 11.9 Å². The smallest absolute Gasteiger partial charge is 0.356 e. The van der Waals surface area contributed by atoms with Gasteiger partial charge in [0, 0.05) is 27.3 Å². The van der Waals surface area contributed by atoms with Crippen molar-refractivity contribution in [1.29, 1.82) is 5.26 Å². The zero-order valence-electron chi connectivity index (χ0n) is 24.1. The van der Waals surface area contributed by atoms with Gasteiger partial charge in [-0.3, -0.25) is 4.79 Å². The molecule has 3 heterocycles. The van der Waals surface area contributed by atoms with Gasteiger partial charge in [-0.05, 0) is 29.8 Å². The number of nitriles is 1. The lowest BCUT2D eigenvalue weighted by atomic mass is 9.98. The van der Waals surface area contributed by atoms with Crippen LogP contribution in [0.4, 0.5) is 5.69 Å². The molecule has 2 aromatic carbocycles. The van der Waals surface area contributed by atoms with E-state index in [0.29, 0.717) is 38.1 Å². The fourth-order valence-electron chi connectivity index (χ4n) is 4.66. The molecule has 0 amide bonds. The van der Waals surface area contributed by atoms with Gasteiger partial charge in [0.1, 0.15) is 40.7 Å². The van der Waals surface area contributed by atoms with E-state index in [1.165, 1.54) is 41.9 Å². The van der Waals surface area contributed by atoms with Crippen LogP contribution in [0.5, 0.6) is 5.75 Å². The zero-order valence-corrected chi connectivity index (χ0v) is 26.5. The molecule has 5 rings (SSSR count). The molecule has 3 N–H and O–H groups in total. The highest BCUT2D eigenvalue weighted by Gasteiger charge is 2.30. The van der Waals surface area contributed by atoms with Gasteiger partial charge in [-0.25, -0.2) is 14.8 Å². The lowest BCUT2D eigenvalue weighted by Crippen LogP contribution is -2.18. The molecule has 0 bridgehead atoms. The summed E-state index contributed by atoms with van der Waals surface area (Å²) in [4.78, 5) is 34.9. The van der Waals surface area contributed by atoms with Crippen molar-refractivity contribution in [3.63, 3.8) is 0 Å². The molecule has 0 aliphatic rings. The maximum Gasteiger partial charge on any atom is 0.356 e. The van der Waals surface area contributed by atoms with Crippen molar-refractivity contribution in [1.82, 2.24) is 14.5 Å². The van der Waals surface area contributed by atoms with Gasteiger partial charge in [0.25, 0.3) is 0 Å². The van der Waals surface area contributed by atoms with Crippen molar-refractivity contribution in [2.24, 2.45) is 0 Å². The number of nitrogens with zero attached hydrogens (tertiary/aromatic N) is 4. The van der Waals surface area contributed by atoms with Crippen molar-refractivity contribution in [2.45, 2.75) is 17.3 Å². The summed E-state index contributed by atoms with van der Waals surface area (Å²) in [5.41, 5.74) is 9.63. The van der Waals surface area contributed by atoms with E-state index >= 15 is 0 Å². The SMILES string of the molecule is COC(=O)Cn1c(C(=O)OC)c(N)c2c(-c3ccc(OCCO)cc3)c(C#N)c(SCc3csc(-c4ccc(Cl)cc4)n3)nc21. The molecule has 5 aromatic rings. The molecule has 0 atom stereocenters. The number of methoxy groups -OCH3 is 2. The molecular weight excluding hydrogens is 638 g/mol. The number of thioether (sulfide) groups is 1. The number of ether oxygens (including phenoxy) is 3. The number of anilines is 1. The van der Waals surface area contributed by atoms with Gasteiger partial charge in [0.15, 0.2) is 5.69 Å². The Morgan fingerprint density at radius 3 is 2.44 bits per heavy atom. The number of carbonyl (C=O) groups excluding carboxylic acids is 2. The van der Waals surface area contributed by atoms with E-state index in [4.69, 9.17) is 46.6 Å². The quantitative estimate of drug-likeness (QED) is 0.134. The van der Waals surface area contributed by atoms with Crippen molar-refractivity contribution in [3.05, 3.63) is 75.9 Å². The van der Waals surface area contributed by atoms with Crippen molar-refractivity contribution >= 4 is 63.4 Å². The summed E-state index contributed by atoms with van der Waals surface area (Å²) in [7, 11) is 2.44. The lowest BCUT2D eigenvalue weighted by Gasteiger charge is -2.13. The number of thiazole rings is 1. The number of esters is 2. The molecule has 0 fully saturated rings. The van der Waals surface area contributed by atoms with Crippen molar-refractivity contribution < 1.29 is 28.9 Å². The van der Waals surface area contributed by atoms with Gasteiger partial charge in [0.2, 0.25) is 0 Å². The van der Waals surface area contributed by atoms with E-state index in [1.54, 1.807) is 36.4 Å². The number of nitrogen functional groups attached to an aromatic ring is 1. The number of aromatic nitrogens is 3. The number of aliphatic hydroxyl groups excluding tert-OH is 1. The third-order valence-electron chi connectivity index (χ3n) is 6.70. The normalized spacial score (nSPS) is 10.9. The second-order valence-corrected chi connectivity index (χ2v) is 11.7. The highest BCUT2D eigenvalue weighted by Crippen LogP contribution is 2.43. The number of benzene rings is 2. The van der Waals surface area contributed by atoms with Crippen molar-refractivity contribution in [2.75, 3.05) is 33.2 Å². The number of halogens is 1. The summed E-state index contributed by atoms with van der Waals surface area (Å²) in [6.07, 6.45) is 0. The van der Waals surface area contributed by atoms with Crippen molar-refractivity contribution in [3.8, 4) is 33.5 Å². The Bertz CT molecular complexity index is 1920. The van der Waals surface area contributed by atoms with Crippen LogP contribution in [0, 0.1) is 11.3 Å². The van der Waals surface area contributed by atoms with E-state index in [2.05, 4.69) is 6.07 Å². The lowest BCUT2D eigenvalue weighted by molar-refractivity contribution is -0.141. The predicted molar refractivity (Wildman–Crippen MR) is 172 cm³/mol. The molecule has 0 radical (unpaired) electrons. The van der Waals surface area contributed by atoms with Gasteiger partial charge >= 0.3 is 11.9 Å². The topological polar surface area (TPSA) is 163 Å². The number of aliphatic hydroxyl groups is 1. The van der Waals surface area contributed by atoms with E-state index in [-0.39, 0.29) is 42.4 Å². The molecule has 0 saturated carbocycles. The Labute approximate surface area is 271 Å². The molecule has 45 heavy (non-hydrogen) atoms. The van der Waals surface area contributed by atoms with E-state index in [1.807, 2.05) is 17.5 Å². The maximum absolute atomic E-state index is 13.0. The molecule has 14 heteroatoms. The number of hydrogen-bond donors (Lipinski definition) is 2. The zero-order chi connectivity index (χ0) is 32.1. The summed E-state index contributed by atoms with van der Waals surface area (Å²) in [6.45, 7) is -0.403. The first kappa shape index (κ1) is 31.8. The van der Waals surface area contributed by atoms with Crippen LogP contribution in [0.2, 0.25) is 5.02 Å². The monoisotopic (exact) mass is 663 g/mol. The number of fused-ring (bicyclic) bond motifs is 1. The summed E-state index contributed by atoms with van der Waals surface area (Å²) >= 11 is 8.80. The third kappa shape index (κ3) is 6.59. The fraction of sp³-hybridized carbons (Fsp3) is 0.194. The summed E-state index contributed by atoms with van der Waals surface area (Å²) < 4.78 is 16.7. The average Bonchev–Trinajstić information content (AvgIpc) is 3.64. The molecule has 0 unspecified atom stereocenters. The van der Waals surface area contributed by atoms with Crippen LogP contribution in [0.1, 0.15) is 21.7 Å². The van der Waals surface area contributed by atoms with Crippen LogP contribution in [0.15, 0.2) is 58.9 Å². The minimum Gasteiger partial charge on any atom is -0.491 e. The molecule has 0 spiro atoms. The van der Waals surface area contributed by atoms with Crippen LogP contribution >= 0.6 is 34.7 Å². The average molecular weight is 664 g/mol. The predicted octanol–water partition coefficient (Wildman–Crippen LogP) is 5.56. The Kier molecular flexibility index (Phi) is 9.90. The molecular formula is C31H26ClN5O6S2. The largest absolute Gasteiger partial charge is 0.491 e. The van der Waals surface area contributed by atoms with Gasteiger partial charge < -0.3 is 29.6 Å². The Hall–Kier alpha value is -4.61. The molecule has 11 nitrogen and oxygen atoms in total. The number of carbonyl (C=O) groups is 2. The first-order valence-corrected chi connectivity index (χ1v) is 15.6. The van der Waals surface area contributed by atoms with Crippen LogP contribution in [-0.2, 0) is 26.6 Å². The third-order valence-corrected chi connectivity index (χ3v) is 8.90. The van der Waals surface area contributed by atoms with Crippen LogP contribution < -0.4 is 10.5 Å². The molecule has 0 saturated heterocycles. The summed E-state index contributed by atoms with van der Waals surface area (Å²) in [5.74, 6) is -0.529. The molecule has 0 aliphatic carbocycles. The Balaban J connectivity index is 1.66. The minimum atomic E-state index is -0.780. The Morgan fingerprint density at radius 2 is 1.80 bits per heavy atom. The second-order valence-electron chi connectivity index (χ2n) is 9.43. The van der Waals surface area contributed by atoms with Crippen LogP contribution in [0.3, 0.4) is 0 Å². The number of hydrogen-bond acceptors (Lipinski definition) is 12. The Morgan fingerprint density at radius 1 is 1.09 bits per heavy atom.